The number of rotatable bonds is 4. The molecule has 8 heteroatoms. The number of phenolic OH excluding ortho intramolecular Hbond substituents is 1. The van der Waals surface area contributed by atoms with Gasteiger partial charge in [0.2, 0.25) is 0 Å². The second-order valence-corrected chi connectivity index (χ2v) is 6.84. The van der Waals surface area contributed by atoms with E-state index in [0.717, 1.165) is 22.7 Å². The average Bonchev–Trinajstić information content (AvgIpc) is 2.86. The molecule has 1 N–H and O–H groups in total. The van der Waals surface area contributed by atoms with Gasteiger partial charge in [-0.1, -0.05) is 23.7 Å². The van der Waals surface area contributed by atoms with Crippen LogP contribution in [0.25, 0.3) is 6.08 Å². The number of imide groups is 1. The number of nitrogens with zero attached hydrogens (tertiary/aromatic N) is 1. The molecular formula is C18H13ClFNO4S. The van der Waals surface area contributed by atoms with Gasteiger partial charge >= 0.3 is 0 Å². The summed E-state index contributed by atoms with van der Waals surface area (Å²) < 4.78 is 18.2. The number of amides is 2. The van der Waals surface area contributed by atoms with E-state index in [9.17, 15) is 19.1 Å². The number of halogens is 2. The summed E-state index contributed by atoms with van der Waals surface area (Å²) in [7, 11) is 1.42. The smallest absolute Gasteiger partial charge is 0.293 e. The van der Waals surface area contributed by atoms with Gasteiger partial charge in [0, 0.05) is 5.02 Å². The normalized spacial score (nSPS) is 15.8. The van der Waals surface area contributed by atoms with Crippen molar-refractivity contribution in [1.29, 1.82) is 0 Å². The van der Waals surface area contributed by atoms with E-state index in [4.69, 9.17) is 16.3 Å². The zero-order valence-corrected chi connectivity index (χ0v) is 15.1. The molecule has 0 bridgehead atoms. The van der Waals surface area contributed by atoms with E-state index in [0.29, 0.717) is 11.1 Å². The molecule has 2 aromatic rings. The number of ether oxygens (including phenoxy) is 1. The maximum atomic E-state index is 13.1. The highest BCUT2D eigenvalue weighted by molar-refractivity contribution is 8.18. The lowest BCUT2D eigenvalue weighted by Gasteiger charge is -2.13. The highest BCUT2D eigenvalue weighted by Crippen LogP contribution is 2.35. The lowest BCUT2D eigenvalue weighted by molar-refractivity contribution is -0.123. The van der Waals surface area contributed by atoms with Gasteiger partial charge < -0.3 is 9.84 Å². The number of phenols is 1. The first-order valence-corrected chi connectivity index (χ1v) is 8.65. The van der Waals surface area contributed by atoms with E-state index in [1.165, 1.54) is 25.3 Å². The van der Waals surface area contributed by atoms with Crippen LogP contribution in [0.2, 0.25) is 5.02 Å². The van der Waals surface area contributed by atoms with Crippen LogP contribution in [-0.4, -0.2) is 28.3 Å². The van der Waals surface area contributed by atoms with Crippen LogP contribution in [0.5, 0.6) is 11.5 Å². The molecule has 0 aromatic heterocycles. The molecule has 5 nitrogen and oxygen atoms in total. The molecular weight excluding hydrogens is 381 g/mol. The van der Waals surface area contributed by atoms with Gasteiger partial charge in [0.15, 0.2) is 11.5 Å². The minimum Gasteiger partial charge on any atom is -0.504 e. The molecule has 0 saturated carbocycles. The van der Waals surface area contributed by atoms with Crippen molar-refractivity contribution < 1.29 is 23.8 Å². The molecule has 1 heterocycles. The van der Waals surface area contributed by atoms with Gasteiger partial charge in [0.25, 0.3) is 11.1 Å². The Morgan fingerprint density at radius 1 is 1.27 bits per heavy atom. The molecule has 3 rings (SSSR count). The number of thioether (sulfide) groups is 1. The number of hydrogen-bond acceptors (Lipinski definition) is 5. The lowest BCUT2D eigenvalue weighted by atomic mass is 10.1. The molecule has 1 saturated heterocycles. The predicted octanol–water partition coefficient (Wildman–Crippen LogP) is 4.43. The van der Waals surface area contributed by atoms with E-state index < -0.39 is 17.0 Å². The van der Waals surface area contributed by atoms with Gasteiger partial charge in [-0.2, -0.15) is 0 Å². The molecule has 0 atom stereocenters. The monoisotopic (exact) mass is 393 g/mol. The number of aromatic hydroxyl groups is 1. The molecule has 26 heavy (non-hydrogen) atoms. The summed E-state index contributed by atoms with van der Waals surface area (Å²) >= 11 is 6.77. The van der Waals surface area contributed by atoms with E-state index in [-0.39, 0.29) is 28.0 Å². The quantitative estimate of drug-likeness (QED) is 0.778. The van der Waals surface area contributed by atoms with Crippen LogP contribution in [0.1, 0.15) is 11.1 Å². The second-order valence-electron chi connectivity index (χ2n) is 5.43. The summed E-state index contributed by atoms with van der Waals surface area (Å²) in [5, 5.41) is 9.33. The minimum atomic E-state index is -0.492. The molecule has 134 valence electrons. The van der Waals surface area contributed by atoms with Crippen molar-refractivity contribution in [1.82, 2.24) is 4.90 Å². The van der Waals surface area contributed by atoms with Crippen molar-refractivity contribution in [2.24, 2.45) is 0 Å². The molecule has 0 radical (unpaired) electrons. The molecule has 0 aliphatic carbocycles. The molecule has 1 aliphatic rings. The maximum Gasteiger partial charge on any atom is 0.293 e. The number of carbonyl (C=O) groups is 2. The summed E-state index contributed by atoms with van der Waals surface area (Å²) in [6.07, 6.45) is 1.54. The van der Waals surface area contributed by atoms with Crippen molar-refractivity contribution in [2.75, 3.05) is 7.11 Å². The van der Waals surface area contributed by atoms with Crippen molar-refractivity contribution in [3.63, 3.8) is 0 Å². The molecule has 2 aromatic carbocycles. The van der Waals surface area contributed by atoms with Crippen LogP contribution in [-0.2, 0) is 11.3 Å². The average molecular weight is 394 g/mol. The number of carbonyl (C=O) groups excluding carboxylic acids is 2. The summed E-state index contributed by atoms with van der Waals surface area (Å²) in [5.41, 5.74) is 1.08. The van der Waals surface area contributed by atoms with Crippen LogP contribution in [0, 0.1) is 5.82 Å². The predicted molar refractivity (Wildman–Crippen MR) is 97.6 cm³/mol. The Morgan fingerprint density at radius 3 is 2.73 bits per heavy atom. The van der Waals surface area contributed by atoms with Gasteiger partial charge in [0.05, 0.1) is 18.6 Å². The zero-order chi connectivity index (χ0) is 18.8. The lowest BCUT2D eigenvalue weighted by Crippen LogP contribution is -2.27. The first-order valence-electron chi connectivity index (χ1n) is 7.45. The van der Waals surface area contributed by atoms with Gasteiger partial charge in [-0.3, -0.25) is 14.5 Å². The SMILES string of the molecule is COc1cc(/C=C2/SC(=O)N(Cc3ccc(F)cc3Cl)C2=O)ccc1O. The van der Waals surface area contributed by atoms with Crippen molar-refractivity contribution in [3.05, 3.63) is 63.3 Å². The first-order chi connectivity index (χ1) is 12.4. The van der Waals surface area contributed by atoms with Gasteiger partial charge in [0.1, 0.15) is 5.82 Å². The third-order valence-electron chi connectivity index (χ3n) is 3.72. The molecule has 1 aliphatic heterocycles. The van der Waals surface area contributed by atoms with E-state index in [1.54, 1.807) is 18.2 Å². The molecule has 0 spiro atoms. The Hall–Kier alpha value is -2.51. The van der Waals surface area contributed by atoms with E-state index >= 15 is 0 Å². The number of methoxy groups -OCH3 is 1. The van der Waals surface area contributed by atoms with Crippen molar-refractivity contribution >= 4 is 40.6 Å². The van der Waals surface area contributed by atoms with Crippen LogP contribution < -0.4 is 4.74 Å². The summed E-state index contributed by atoms with van der Waals surface area (Å²) in [4.78, 5) is 26.0. The molecule has 0 unspecified atom stereocenters. The third kappa shape index (κ3) is 3.68. The number of benzene rings is 2. The molecule has 1 fully saturated rings. The zero-order valence-electron chi connectivity index (χ0n) is 13.5. The van der Waals surface area contributed by atoms with Crippen molar-refractivity contribution in [3.8, 4) is 11.5 Å². The van der Waals surface area contributed by atoms with E-state index in [1.807, 2.05) is 0 Å². The highest BCUT2D eigenvalue weighted by Gasteiger charge is 2.35. The standard InChI is InChI=1S/C18H13ClFNO4S/c1-25-15-6-10(2-5-14(15)22)7-16-17(23)21(18(24)26-16)9-11-3-4-12(20)8-13(11)19/h2-8,22H,9H2,1H3/b16-7+. The largest absolute Gasteiger partial charge is 0.504 e. The second kappa shape index (κ2) is 7.39. The Labute approximate surface area is 158 Å². The van der Waals surface area contributed by atoms with Gasteiger partial charge in [-0.25, -0.2) is 4.39 Å². The Kier molecular flexibility index (Phi) is 5.20. The first kappa shape index (κ1) is 18.3. The Bertz CT molecular complexity index is 931. The Balaban J connectivity index is 1.84. The summed E-state index contributed by atoms with van der Waals surface area (Å²) in [6, 6.07) is 8.39. The van der Waals surface area contributed by atoms with Gasteiger partial charge in [-0.15, -0.1) is 0 Å². The topological polar surface area (TPSA) is 66.8 Å². The van der Waals surface area contributed by atoms with Gasteiger partial charge in [-0.05, 0) is 53.2 Å². The molecule has 2 amide bonds. The van der Waals surface area contributed by atoms with Crippen LogP contribution >= 0.6 is 23.4 Å². The van der Waals surface area contributed by atoms with Crippen LogP contribution in [0.15, 0.2) is 41.3 Å². The third-order valence-corrected chi connectivity index (χ3v) is 4.98. The van der Waals surface area contributed by atoms with E-state index in [2.05, 4.69) is 0 Å². The fourth-order valence-corrected chi connectivity index (χ4v) is 3.46. The summed E-state index contributed by atoms with van der Waals surface area (Å²) in [6.45, 7) is -0.0416. The number of hydrogen-bond donors (Lipinski definition) is 1. The maximum absolute atomic E-state index is 13.1. The van der Waals surface area contributed by atoms with Crippen molar-refractivity contribution in [2.45, 2.75) is 6.54 Å². The Morgan fingerprint density at radius 2 is 2.04 bits per heavy atom. The highest BCUT2D eigenvalue weighted by atomic mass is 35.5. The van der Waals surface area contributed by atoms with Crippen LogP contribution in [0.3, 0.4) is 0 Å². The fourth-order valence-electron chi connectivity index (χ4n) is 2.39. The summed E-state index contributed by atoms with van der Waals surface area (Å²) in [5.74, 6) is -0.721. The van der Waals surface area contributed by atoms with Crippen LogP contribution in [0.4, 0.5) is 9.18 Å². The fraction of sp³-hybridized carbons (Fsp3) is 0.111. The minimum absolute atomic E-state index is 0.0243.